The number of nitro groups is 1. The zero-order valence-electron chi connectivity index (χ0n) is 13.9. The fourth-order valence-electron chi connectivity index (χ4n) is 2.23. The van der Waals surface area contributed by atoms with E-state index < -0.39 is 22.4 Å². The van der Waals surface area contributed by atoms with Gasteiger partial charge in [0, 0.05) is 0 Å². The molecule has 0 aliphatic heterocycles. The second-order valence-electron chi connectivity index (χ2n) is 5.17. The standard InChI is InChI=1S/C18H17NO6/c1-3-24-18(21)15-9-14(12(2)20)16(19(22)23)10-17(15)25-11-13-7-5-4-6-8-13/h4-10H,3,11H2,1-2H3. The predicted molar refractivity (Wildman–Crippen MR) is 89.8 cm³/mol. The normalized spacial score (nSPS) is 10.2. The summed E-state index contributed by atoms with van der Waals surface area (Å²) in [6.45, 7) is 3.08. The lowest BCUT2D eigenvalue weighted by Gasteiger charge is -2.12. The van der Waals surface area contributed by atoms with Crippen LogP contribution in [0.4, 0.5) is 5.69 Å². The number of nitrogens with zero attached hydrogens (tertiary/aromatic N) is 1. The van der Waals surface area contributed by atoms with Crippen LogP contribution in [-0.4, -0.2) is 23.3 Å². The highest BCUT2D eigenvalue weighted by molar-refractivity contribution is 6.02. The zero-order chi connectivity index (χ0) is 18.4. The Morgan fingerprint density at radius 1 is 1.12 bits per heavy atom. The molecule has 0 aliphatic carbocycles. The Bertz CT molecular complexity index is 801. The van der Waals surface area contributed by atoms with E-state index >= 15 is 0 Å². The number of esters is 1. The molecular weight excluding hydrogens is 326 g/mol. The summed E-state index contributed by atoms with van der Waals surface area (Å²) in [6, 6.07) is 11.4. The maximum Gasteiger partial charge on any atom is 0.341 e. The van der Waals surface area contributed by atoms with Gasteiger partial charge in [-0.2, -0.15) is 0 Å². The van der Waals surface area contributed by atoms with E-state index in [1.165, 1.54) is 6.92 Å². The molecule has 0 atom stereocenters. The summed E-state index contributed by atoms with van der Waals surface area (Å²) < 4.78 is 10.6. The molecule has 25 heavy (non-hydrogen) atoms. The van der Waals surface area contributed by atoms with Crippen molar-refractivity contribution >= 4 is 17.4 Å². The molecule has 7 heteroatoms. The second kappa shape index (κ2) is 8.05. The number of Topliss-reactive ketones (excluding diaryl/α,β-unsaturated/α-hetero) is 1. The summed E-state index contributed by atoms with van der Waals surface area (Å²) in [4.78, 5) is 34.4. The van der Waals surface area contributed by atoms with Crippen LogP contribution in [0.3, 0.4) is 0 Å². The van der Waals surface area contributed by atoms with E-state index in [1.807, 2.05) is 30.3 Å². The Morgan fingerprint density at radius 2 is 1.80 bits per heavy atom. The molecule has 0 aliphatic rings. The van der Waals surface area contributed by atoms with Crippen molar-refractivity contribution in [2.45, 2.75) is 20.5 Å². The van der Waals surface area contributed by atoms with Gasteiger partial charge in [0.05, 0.1) is 23.2 Å². The Labute approximate surface area is 144 Å². The first-order chi connectivity index (χ1) is 11.9. The van der Waals surface area contributed by atoms with E-state index in [0.29, 0.717) is 0 Å². The smallest absolute Gasteiger partial charge is 0.341 e. The lowest BCUT2D eigenvalue weighted by Crippen LogP contribution is -2.11. The minimum Gasteiger partial charge on any atom is -0.488 e. The van der Waals surface area contributed by atoms with Crippen molar-refractivity contribution in [3.63, 3.8) is 0 Å². The Hall–Kier alpha value is -3.22. The first-order valence-corrected chi connectivity index (χ1v) is 7.61. The Balaban J connectivity index is 2.46. The van der Waals surface area contributed by atoms with Crippen LogP contribution in [0.15, 0.2) is 42.5 Å². The molecular formula is C18H17NO6. The Kier molecular flexibility index (Phi) is 5.84. The molecule has 2 rings (SSSR count). The average molecular weight is 343 g/mol. The van der Waals surface area contributed by atoms with Crippen LogP contribution in [0.2, 0.25) is 0 Å². The van der Waals surface area contributed by atoms with E-state index in [2.05, 4.69) is 0 Å². The summed E-state index contributed by atoms with van der Waals surface area (Å²) >= 11 is 0. The van der Waals surface area contributed by atoms with Crippen LogP contribution in [0.5, 0.6) is 5.75 Å². The van der Waals surface area contributed by atoms with Crippen molar-refractivity contribution < 1.29 is 24.0 Å². The van der Waals surface area contributed by atoms with Gasteiger partial charge < -0.3 is 9.47 Å². The summed E-state index contributed by atoms with van der Waals surface area (Å²) in [5.74, 6) is -1.23. The highest BCUT2D eigenvalue weighted by Gasteiger charge is 2.25. The first kappa shape index (κ1) is 18.1. The minimum atomic E-state index is -0.706. The molecule has 0 saturated carbocycles. The number of nitro benzene ring substituents is 1. The van der Waals surface area contributed by atoms with Crippen LogP contribution < -0.4 is 4.74 Å². The Morgan fingerprint density at radius 3 is 2.36 bits per heavy atom. The molecule has 130 valence electrons. The monoisotopic (exact) mass is 343 g/mol. The second-order valence-corrected chi connectivity index (χ2v) is 5.17. The van der Waals surface area contributed by atoms with Gasteiger partial charge in [-0.15, -0.1) is 0 Å². The van der Waals surface area contributed by atoms with Gasteiger partial charge in [-0.3, -0.25) is 14.9 Å². The molecule has 0 aromatic heterocycles. The van der Waals surface area contributed by atoms with Gasteiger partial charge in [-0.05, 0) is 25.5 Å². The highest BCUT2D eigenvalue weighted by atomic mass is 16.6. The van der Waals surface area contributed by atoms with E-state index in [9.17, 15) is 19.7 Å². The fourth-order valence-corrected chi connectivity index (χ4v) is 2.23. The molecule has 0 heterocycles. The average Bonchev–Trinajstić information content (AvgIpc) is 2.60. The zero-order valence-corrected chi connectivity index (χ0v) is 13.9. The van der Waals surface area contributed by atoms with E-state index in [1.54, 1.807) is 6.92 Å². The van der Waals surface area contributed by atoms with E-state index in [-0.39, 0.29) is 30.1 Å². The summed E-state index contributed by atoms with van der Waals surface area (Å²) in [7, 11) is 0. The van der Waals surface area contributed by atoms with Crippen molar-refractivity contribution in [3.05, 3.63) is 69.3 Å². The molecule has 7 nitrogen and oxygen atoms in total. The van der Waals surface area contributed by atoms with Gasteiger partial charge in [0.25, 0.3) is 5.69 Å². The van der Waals surface area contributed by atoms with Gasteiger partial charge in [0.1, 0.15) is 17.9 Å². The van der Waals surface area contributed by atoms with Crippen molar-refractivity contribution in [2.75, 3.05) is 6.61 Å². The molecule has 0 saturated heterocycles. The number of carbonyl (C=O) groups is 2. The number of benzene rings is 2. The lowest BCUT2D eigenvalue weighted by atomic mass is 10.0. The SMILES string of the molecule is CCOC(=O)c1cc(C(C)=O)c([N+](=O)[O-])cc1OCc1ccccc1. The molecule has 0 unspecified atom stereocenters. The van der Waals surface area contributed by atoms with Crippen molar-refractivity contribution in [2.24, 2.45) is 0 Å². The highest BCUT2D eigenvalue weighted by Crippen LogP contribution is 2.31. The van der Waals surface area contributed by atoms with E-state index in [4.69, 9.17) is 9.47 Å². The number of carbonyl (C=O) groups excluding carboxylic acids is 2. The van der Waals surface area contributed by atoms with Gasteiger partial charge in [0.2, 0.25) is 0 Å². The predicted octanol–water partition coefficient (Wildman–Crippen LogP) is 3.55. The van der Waals surface area contributed by atoms with Gasteiger partial charge in [-0.1, -0.05) is 30.3 Å². The number of hydrogen-bond donors (Lipinski definition) is 0. The van der Waals surface area contributed by atoms with Gasteiger partial charge in [-0.25, -0.2) is 4.79 Å². The van der Waals surface area contributed by atoms with Crippen molar-refractivity contribution in [1.29, 1.82) is 0 Å². The number of ether oxygens (including phenoxy) is 2. The number of hydrogen-bond acceptors (Lipinski definition) is 6. The summed E-state index contributed by atoms with van der Waals surface area (Å²) in [5.41, 5.74) is 0.230. The van der Waals surface area contributed by atoms with E-state index in [0.717, 1.165) is 17.7 Å². The summed E-state index contributed by atoms with van der Waals surface area (Å²) in [5, 5.41) is 11.2. The van der Waals surface area contributed by atoms with Crippen LogP contribution in [0, 0.1) is 10.1 Å². The maximum atomic E-state index is 12.1. The van der Waals surface area contributed by atoms with Crippen LogP contribution in [0.25, 0.3) is 0 Å². The third-order valence-corrected chi connectivity index (χ3v) is 3.41. The molecule has 0 bridgehead atoms. The van der Waals surface area contributed by atoms with Gasteiger partial charge >= 0.3 is 5.97 Å². The molecule has 0 spiro atoms. The largest absolute Gasteiger partial charge is 0.488 e. The topological polar surface area (TPSA) is 95.7 Å². The third-order valence-electron chi connectivity index (χ3n) is 3.41. The lowest BCUT2D eigenvalue weighted by molar-refractivity contribution is -0.385. The third kappa shape index (κ3) is 4.41. The fraction of sp³-hybridized carbons (Fsp3) is 0.222. The number of rotatable bonds is 7. The molecule has 2 aromatic rings. The molecule has 0 fully saturated rings. The molecule has 0 amide bonds. The quantitative estimate of drug-likeness (QED) is 0.330. The maximum absolute atomic E-state index is 12.1. The summed E-state index contributed by atoms with van der Waals surface area (Å²) in [6.07, 6.45) is 0. The molecule has 0 N–H and O–H groups in total. The molecule has 0 radical (unpaired) electrons. The van der Waals surface area contributed by atoms with Crippen LogP contribution in [0.1, 0.15) is 40.1 Å². The van der Waals surface area contributed by atoms with Gasteiger partial charge in [0.15, 0.2) is 5.78 Å². The van der Waals surface area contributed by atoms with Crippen molar-refractivity contribution in [1.82, 2.24) is 0 Å². The molecule has 2 aromatic carbocycles. The number of ketones is 1. The van der Waals surface area contributed by atoms with Crippen LogP contribution >= 0.6 is 0 Å². The van der Waals surface area contributed by atoms with Crippen molar-refractivity contribution in [3.8, 4) is 5.75 Å². The van der Waals surface area contributed by atoms with Crippen LogP contribution in [-0.2, 0) is 11.3 Å². The minimum absolute atomic E-state index is 0.000923. The first-order valence-electron chi connectivity index (χ1n) is 7.61.